The first-order valence-corrected chi connectivity index (χ1v) is 7.70. The van der Waals surface area contributed by atoms with Crippen molar-refractivity contribution in [3.8, 4) is 5.75 Å². The Labute approximate surface area is 148 Å². The molecule has 4 nitrogen and oxygen atoms in total. The predicted octanol–water partition coefficient (Wildman–Crippen LogP) is 4.43. The minimum atomic E-state index is -1.38. The van der Waals surface area contributed by atoms with E-state index in [1.165, 1.54) is 19.2 Å². The summed E-state index contributed by atoms with van der Waals surface area (Å²) in [5.41, 5.74) is 0.636. The number of carbonyl (C=O) groups excluding carboxylic acids is 2. The van der Waals surface area contributed by atoms with Crippen molar-refractivity contribution in [2.45, 2.75) is 5.38 Å². The van der Waals surface area contributed by atoms with E-state index in [9.17, 15) is 9.59 Å². The largest absolute Gasteiger partial charge is 0.497 e. The second kappa shape index (κ2) is 7.68. The Morgan fingerprint density at radius 2 is 1.74 bits per heavy atom. The molecule has 0 fully saturated rings. The van der Waals surface area contributed by atoms with Gasteiger partial charge in [0.15, 0.2) is 11.2 Å². The fraction of sp³-hybridized carbons (Fsp3) is 0.125. The normalized spacial score (nSPS) is 11.7. The van der Waals surface area contributed by atoms with E-state index < -0.39 is 17.1 Å². The number of anilines is 1. The molecular formula is C16H12Cl3NO3. The van der Waals surface area contributed by atoms with Gasteiger partial charge >= 0.3 is 0 Å². The summed E-state index contributed by atoms with van der Waals surface area (Å²) in [6.45, 7) is 0. The van der Waals surface area contributed by atoms with Crippen molar-refractivity contribution in [1.82, 2.24) is 0 Å². The van der Waals surface area contributed by atoms with Gasteiger partial charge in [-0.15, -0.1) is 11.6 Å². The first-order valence-electron chi connectivity index (χ1n) is 6.50. The van der Waals surface area contributed by atoms with Gasteiger partial charge in [0.2, 0.25) is 5.91 Å². The minimum absolute atomic E-state index is 0.256. The molecule has 0 heterocycles. The number of hydrogen-bond acceptors (Lipinski definition) is 3. The molecule has 1 N–H and O–H groups in total. The van der Waals surface area contributed by atoms with E-state index in [0.29, 0.717) is 22.0 Å². The van der Waals surface area contributed by atoms with Gasteiger partial charge in [0, 0.05) is 10.6 Å². The lowest BCUT2D eigenvalue weighted by Gasteiger charge is -2.11. The summed E-state index contributed by atoms with van der Waals surface area (Å²) >= 11 is 17.7. The number of carbonyl (C=O) groups is 2. The number of hydrogen-bond donors (Lipinski definition) is 1. The van der Waals surface area contributed by atoms with Crippen LogP contribution in [-0.4, -0.2) is 24.2 Å². The van der Waals surface area contributed by atoms with Gasteiger partial charge in [-0.2, -0.15) is 0 Å². The lowest BCUT2D eigenvalue weighted by molar-refractivity contribution is -0.115. The maximum Gasteiger partial charge on any atom is 0.250 e. The van der Waals surface area contributed by atoms with Crippen LogP contribution < -0.4 is 10.1 Å². The predicted molar refractivity (Wildman–Crippen MR) is 92.1 cm³/mol. The molecule has 0 aliphatic carbocycles. The van der Waals surface area contributed by atoms with Crippen LogP contribution in [0, 0.1) is 0 Å². The van der Waals surface area contributed by atoms with Crippen LogP contribution in [0.5, 0.6) is 5.75 Å². The summed E-state index contributed by atoms with van der Waals surface area (Å²) in [4.78, 5) is 24.3. The van der Waals surface area contributed by atoms with Gasteiger partial charge in [0.1, 0.15) is 5.75 Å². The summed E-state index contributed by atoms with van der Waals surface area (Å²) < 4.78 is 5.01. The average Bonchev–Trinajstić information content (AvgIpc) is 2.56. The Hall–Kier alpha value is -1.75. The standard InChI is InChI=1S/C16H12Cl3NO3/c1-23-11-5-2-9(3-6-11)15(21)14(19)16(22)20-13-7-4-10(17)8-12(13)18/h2-8,14H,1H3,(H,20,22). The summed E-state index contributed by atoms with van der Waals surface area (Å²) in [6, 6.07) is 10.9. The lowest BCUT2D eigenvalue weighted by Crippen LogP contribution is -2.30. The van der Waals surface area contributed by atoms with E-state index in [-0.39, 0.29) is 5.02 Å². The first-order chi connectivity index (χ1) is 10.9. The van der Waals surface area contributed by atoms with Gasteiger partial charge < -0.3 is 10.1 Å². The van der Waals surface area contributed by atoms with Crippen LogP contribution in [0.2, 0.25) is 10.0 Å². The topological polar surface area (TPSA) is 55.4 Å². The summed E-state index contributed by atoms with van der Waals surface area (Å²) in [5, 5.41) is 1.81. The van der Waals surface area contributed by atoms with Crippen molar-refractivity contribution < 1.29 is 14.3 Å². The highest BCUT2D eigenvalue weighted by Gasteiger charge is 2.25. The van der Waals surface area contributed by atoms with Crippen LogP contribution in [0.4, 0.5) is 5.69 Å². The molecular weight excluding hydrogens is 361 g/mol. The van der Waals surface area contributed by atoms with Crippen LogP contribution in [-0.2, 0) is 4.79 Å². The number of ketones is 1. The third-order valence-corrected chi connectivity index (χ3v) is 3.97. The molecule has 0 spiro atoms. The Morgan fingerprint density at radius 3 is 2.30 bits per heavy atom. The number of nitrogens with one attached hydrogen (secondary N) is 1. The molecule has 0 aromatic heterocycles. The molecule has 1 unspecified atom stereocenters. The van der Waals surface area contributed by atoms with Crippen LogP contribution in [0.3, 0.4) is 0 Å². The van der Waals surface area contributed by atoms with E-state index in [1.807, 2.05) is 0 Å². The Morgan fingerprint density at radius 1 is 1.09 bits per heavy atom. The molecule has 0 aliphatic heterocycles. The van der Waals surface area contributed by atoms with E-state index in [2.05, 4.69) is 5.32 Å². The van der Waals surface area contributed by atoms with Crippen LogP contribution in [0.15, 0.2) is 42.5 Å². The number of halogens is 3. The quantitative estimate of drug-likeness (QED) is 0.480. The number of alkyl halides is 1. The Balaban J connectivity index is 2.10. The fourth-order valence-electron chi connectivity index (χ4n) is 1.81. The maximum absolute atomic E-state index is 12.2. The van der Waals surface area contributed by atoms with E-state index in [4.69, 9.17) is 39.5 Å². The molecule has 0 radical (unpaired) electrons. The van der Waals surface area contributed by atoms with Crippen LogP contribution >= 0.6 is 34.8 Å². The zero-order valence-electron chi connectivity index (χ0n) is 12.0. The third-order valence-electron chi connectivity index (χ3n) is 3.02. The molecule has 0 bridgehead atoms. The number of Topliss-reactive ketones (excluding diaryl/α,β-unsaturated/α-hetero) is 1. The SMILES string of the molecule is COc1ccc(C(=O)C(Cl)C(=O)Nc2ccc(Cl)cc2Cl)cc1. The number of benzene rings is 2. The van der Waals surface area contributed by atoms with Gasteiger partial charge in [0.05, 0.1) is 17.8 Å². The van der Waals surface area contributed by atoms with Crippen LogP contribution in [0.1, 0.15) is 10.4 Å². The molecule has 2 aromatic rings. The molecule has 2 aromatic carbocycles. The fourth-order valence-corrected chi connectivity index (χ4v) is 2.44. The minimum Gasteiger partial charge on any atom is -0.497 e. The Bertz CT molecular complexity index is 732. The molecule has 2 rings (SSSR count). The second-order valence-corrected chi connectivity index (χ2v) is 5.85. The van der Waals surface area contributed by atoms with Gasteiger partial charge in [-0.3, -0.25) is 9.59 Å². The Kier molecular flexibility index (Phi) is 5.88. The van der Waals surface area contributed by atoms with E-state index >= 15 is 0 Å². The highest BCUT2D eigenvalue weighted by atomic mass is 35.5. The summed E-state index contributed by atoms with van der Waals surface area (Å²) in [6.07, 6.45) is 0. The molecule has 7 heteroatoms. The first kappa shape index (κ1) is 17.6. The highest BCUT2D eigenvalue weighted by molar-refractivity contribution is 6.46. The number of ether oxygens (including phenoxy) is 1. The monoisotopic (exact) mass is 371 g/mol. The molecule has 0 saturated carbocycles. The third kappa shape index (κ3) is 4.38. The van der Waals surface area contributed by atoms with E-state index in [1.54, 1.807) is 30.3 Å². The van der Waals surface area contributed by atoms with E-state index in [0.717, 1.165) is 0 Å². The maximum atomic E-state index is 12.2. The molecule has 0 aliphatic rings. The van der Waals surface area contributed by atoms with Gasteiger partial charge in [-0.1, -0.05) is 23.2 Å². The smallest absolute Gasteiger partial charge is 0.250 e. The van der Waals surface area contributed by atoms with Crippen molar-refractivity contribution in [3.05, 3.63) is 58.1 Å². The highest BCUT2D eigenvalue weighted by Crippen LogP contribution is 2.26. The van der Waals surface area contributed by atoms with Crippen molar-refractivity contribution in [2.75, 3.05) is 12.4 Å². The summed E-state index contributed by atoms with van der Waals surface area (Å²) in [7, 11) is 1.52. The van der Waals surface area contributed by atoms with Crippen molar-refractivity contribution >= 4 is 52.2 Å². The molecule has 0 saturated heterocycles. The second-order valence-electron chi connectivity index (χ2n) is 4.57. The number of rotatable bonds is 5. The molecule has 1 atom stereocenters. The van der Waals surface area contributed by atoms with Gasteiger partial charge in [-0.05, 0) is 42.5 Å². The number of methoxy groups -OCH3 is 1. The lowest BCUT2D eigenvalue weighted by atomic mass is 10.1. The average molecular weight is 373 g/mol. The molecule has 1 amide bonds. The molecule has 23 heavy (non-hydrogen) atoms. The van der Waals surface area contributed by atoms with Crippen molar-refractivity contribution in [3.63, 3.8) is 0 Å². The van der Waals surface area contributed by atoms with Gasteiger partial charge in [-0.25, -0.2) is 0 Å². The zero-order chi connectivity index (χ0) is 17.0. The zero-order valence-corrected chi connectivity index (χ0v) is 14.2. The molecule has 120 valence electrons. The summed E-state index contributed by atoms with van der Waals surface area (Å²) in [5.74, 6) is -0.585. The van der Waals surface area contributed by atoms with Crippen LogP contribution in [0.25, 0.3) is 0 Å². The number of amides is 1. The van der Waals surface area contributed by atoms with Crippen molar-refractivity contribution in [2.24, 2.45) is 0 Å². The van der Waals surface area contributed by atoms with Gasteiger partial charge in [0.25, 0.3) is 0 Å². The van der Waals surface area contributed by atoms with Crippen molar-refractivity contribution in [1.29, 1.82) is 0 Å².